The van der Waals surface area contributed by atoms with E-state index in [0.29, 0.717) is 22.0 Å². The van der Waals surface area contributed by atoms with Crippen LogP contribution in [-0.4, -0.2) is 25.2 Å². The third kappa shape index (κ3) is 4.59. The van der Waals surface area contributed by atoms with Crippen molar-refractivity contribution in [2.75, 3.05) is 5.32 Å². The fourth-order valence-corrected chi connectivity index (χ4v) is 4.34. The maximum atomic E-state index is 13.1. The third-order valence-electron chi connectivity index (χ3n) is 5.03. The zero-order valence-electron chi connectivity index (χ0n) is 17.8. The highest BCUT2D eigenvalue weighted by molar-refractivity contribution is 7.17. The summed E-state index contributed by atoms with van der Waals surface area (Å²) in [6.07, 6.45) is 3.36. The molecule has 4 rings (SSSR count). The van der Waals surface area contributed by atoms with E-state index < -0.39 is 0 Å². The molecule has 4 aromatic rings. The minimum absolute atomic E-state index is 0.125. The van der Waals surface area contributed by atoms with Crippen LogP contribution in [0.5, 0.6) is 0 Å². The standard InChI is InChI=1S/C23H25N5O2S/c1-15(2)12-28-19(8-10-25-28)26-20(29)9-11-27-14-24-22-21(23(27)30)18(13-31-22)17-6-4-16(3)5-7-17/h4-8,10,13-15H,9,11-12H2,1-3H3,(H,26,29). The van der Waals surface area contributed by atoms with E-state index in [1.807, 2.05) is 36.6 Å². The van der Waals surface area contributed by atoms with Gasteiger partial charge in [-0.05, 0) is 18.4 Å². The topological polar surface area (TPSA) is 81.8 Å². The quantitative estimate of drug-likeness (QED) is 0.469. The summed E-state index contributed by atoms with van der Waals surface area (Å²) in [7, 11) is 0. The van der Waals surface area contributed by atoms with Gasteiger partial charge in [0.1, 0.15) is 10.6 Å². The van der Waals surface area contributed by atoms with Crippen molar-refractivity contribution >= 4 is 33.3 Å². The third-order valence-corrected chi connectivity index (χ3v) is 5.91. The molecule has 0 spiro atoms. The van der Waals surface area contributed by atoms with Crippen molar-refractivity contribution in [1.29, 1.82) is 0 Å². The normalized spacial score (nSPS) is 11.4. The van der Waals surface area contributed by atoms with Gasteiger partial charge in [0, 0.05) is 36.5 Å². The summed E-state index contributed by atoms with van der Waals surface area (Å²) in [4.78, 5) is 30.8. The fourth-order valence-electron chi connectivity index (χ4n) is 3.43. The van der Waals surface area contributed by atoms with Gasteiger partial charge in [0.15, 0.2) is 0 Å². The molecule has 3 aromatic heterocycles. The number of amides is 1. The summed E-state index contributed by atoms with van der Waals surface area (Å²) < 4.78 is 3.29. The molecular weight excluding hydrogens is 410 g/mol. The van der Waals surface area contributed by atoms with Gasteiger partial charge >= 0.3 is 0 Å². The van der Waals surface area contributed by atoms with Crippen LogP contribution in [0.4, 0.5) is 5.82 Å². The Bertz CT molecular complexity index is 1270. The van der Waals surface area contributed by atoms with E-state index in [1.165, 1.54) is 27.8 Å². The molecule has 0 saturated heterocycles. The van der Waals surface area contributed by atoms with E-state index >= 15 is 0 Å². The molecule has 1 aromatic carbocycles. The number of rotatable bonds is 7. The van der Waals surface area contributed by atoms with Gasteiger partial charge in [-0.25, -0.2) is 9.67 Å². The number of benzene rings is 1. The molecular formula is C23H25N5O2S. The van der Waals surface area contributed by atoms with Crippen LogP contribution < -0.4 is 10.9 Å². The minimum Gasteiger partial charge on any atom is -0.311 e. The first kappa shape index (κ1) is 21.0. The molecule has 0 aliphatic heterocycles. The Kier molecular flexibility index (Phi) is 5.99. The average molecular weight is 436 g/mol. The highest BCUT2D eigenvalue weighted by Crippen LogP contribution is 2.30. The number of aromatic nitrogens is 4. The Morgan fingerprint density at radius 3 is 2.71 bits per heavy atom. The van der Waals surface area contributed by atoms with Crippen LogP contribution in [-0.2, 0) is 17.9 Å². The van der Waals surface area contributed by atoms with Crippen LogP contribution in [0.1, 0.15) is 25.8 Å². The molecule has 8 heteroatoms. The molecule has 3 heterocycles. The Balaban J connectivity index is 1.51. The number of nitrogens with one attached hydrogen (secondary N) is 1. The van der Waals surface area contributed by atoms with Crippen molar-refractivity contribution < 1.29 is 4.79 Å². The van der Waals surface area contributed by atoms with Gasteiger partial charge in [0.2, 0.25) is 5.91 Å². The predicted molar refractivity (Wildman–Crippen MR) is 124 cm³/mol. The van der Waals surface area contributed by atoms with Crippen molar-refractivity contribution in [1.82, 2.24) is 19.3 Å². The second kappa shape index (κ2) is 8.85. The predicted octanol–water partition coefficient (Wildman–Crippen LogP) is 4.31. The van der Waals surface area contributed by atoms with E-state index in [0.717, 1.165) is 17.7 Å². The number of aryl methyl sites for hydroxylation is 2. The number of thiophene rings is 1. The van der Waals surface area contributed by atoms with E-state index in [4.69, 9.17) is 0 Å². The van der Waals surface area contributed by atoms with Crippen LogP contribution in [0.2, 0.25) is 0 Å². The van der Waals surface area contributed by atoms with E-state index in [-0.39, 0.29) is 24.4 Å². The molecule has 0 aliphatic rings. The molecule has 0 saturated carbocycles. The minimum atomic E-state index is -0.165. The first-order valence-corrected chi connectivity index (χ1v) is 11.2. The lowest BCUT2D eigenvalue weighted by Crippen LogP contribution is -2.24. The van der Waals surface area contributed by atoms with Crippen LogP contribution >= 0.6 is 11.3 Å². The van der Waals surface area contributed by atoms with Crippen LogP contribution in [0, 0.1) is 12.8 Å². The zero-order valence-corrected chi connectivity index (χ0v) is 18.6. The molecule has 0 radical (unpaired) electrons. The maximum absolute atomic E-state index is 13.1. The van der Waals surface area contributed by atoms with E-state index in [1.54, 1.807) is 16.9 Å². The second-order valence-electron chi connectivity index (χ2n) is 8.03. The molecule has 0 aliphatic carbocycles. The number of hydrogen-bond donors (Lipinski definition) is 1. The number of nitrogens with zero attached hydrogens (tertiary/aromatic N) is 4. The number of carbonyl (C=O) groups excluding carboxylic acids is 1. The number of hydrogen-bond acceptors (Lipinski definition) is 5. The molecule has 7 nitrogen and oxygen atoms in total. The lowest BCUT2D eigenvalue weighted by Gasteiger charge is -2.11. The lowest BCUT2D eigenvalue weighted by atomic mass is 10.1. The van der Waals surface area contributed by atoms with Gasteiger partial charge in [-0.15, -0.1) is 11.3 Å². The van der Waals surface area contributed by atoms with Gasteiger partial charge in [-0.1, -0.05) is 43.7 Å². The van der Waals surface area contributed by atoms with Gasteiger partial charge in [-0.2, -0.15) is 5.10 Å². The average Bonchev–Trinajstić information content (AvgIpc) is 3.35. The van der Waals surface area contributed by atoms with Gasteiger partial charge in [0.05, 0.1) is 17.9 Å². The first-order chi connectivity index (χ1) is 14.9. The Labute approximate surface area is 184 Å². The summed E-state index contributed by atoms with van der Waals surface area (Å²) >= 11 is 1.46. The Morgan fingerprint density at radius 2 is 1.97 bits per heavy atom. The number of fused-ring (bicyclic) bond motifs is 1. The largest absolute Gasteiger partial charge is 0.311 e. The van der Waals surface area contributed by atoms with Crippen molar-refractivity contribution in [3.8, 4) is 11.1 Å². The monoisotopic (exact) mass is 435 g/mol. The Morgan fingerprint density at radius 1 is 1.19 bits per heavy atom. The SMILES string of the molecule is Cc1ccc(-c2csc3ncn(CCC(=O)Nc4ccnn4CC(C)C)c(=O)c23)cc1. The van der Waals surface area contributed by atoms with Gasteiger partial charge in [0.25, 0.3) is 5.56 Å². The maximum Gasteiger partial charge on any atom is 0.262 e. The van der Waals surface area contributed by atoms with Crippen molar-refractivity contribution in [3.05, 3.63) is 64.2 Å². The second-order valence-corrected chi connectivity index (χ2v) is 8.89. The van der Waals surface area contributed by atoms with Crippen LogP contribution in [0.25, 0.3) is 21.3 Å². The molecule has 0 atom stereocenters. The summed E-state index contributed by atoms with van der Waals surface area (Å²) in [5.41, 5.74) is 2.91. The van der Waals surface area contributed by atoms with Crippen molar-refractivity contribution in [2.24, 2.45) is 5.92 Å². The molecule has 0 unspecified atom stereocenters. The molecule has 31 heavy (non-hydrogen) atoms. The van der Waals surface area contributed by atoms with Crippen molar-refractivity contribution in [3.63, 3.8) is 0 Å². The first-order valence-electron chi connectivity index (χ1n) is 10.3. The summed E-state index contributed by atoms with van der Waals surface area (Å²) in [6, 6.07) is 9.87. The molecule has 0 fully saturated rings. The highest BCUT2D eigenvalue weighted by Gasteiger charge is 2.14. The zero-order chi connectivity index (χ0) is 22.0. The van der Waals surface area contributed by atoms with Gasteiger partial charge < -0.3 is 5.32 Å². The highest BCUT2D eigenvalue weighted by atomic mass is 32.1. The van der Waals surface area contributed by atoms with E-state index in [2.05, 4.69) is 29.2 Å². The van der Waals surface area contributed by atoms with Crippen molar-refractivity contribution in [2.45, 2.75) is 40.3 Å². The Hall–Kier alpha value is -3.26. The fraction of sp³-hybridized carbons (Fsp3) is 0.304. The van der Waals surface area contributed by atoms with Gasteiger partial charge in [-0.3, -0.25) is 14.2 Å². The molecule has 160 valence electrons. The van der Waals surface area contributed by atoms with E-state index in [9.17, 15) is 9.59 Å². The van der Waals surface area contributed by atoms with Crippen LogP contribution in [0.3, 0.4) is 0 Å². The smallest absolute Gasteiger partial charge is 0.262 e. The van der Waals surface area contributed by atoms with Crippen LogP contribution in [0.15, 0.2) is 53.0 Å². The summed E-state index contributed by atoms with van der Waals surface area (Å²) in [5, 5.41) is 9.71. The summed E-state index contributed by atoms with van der Waals surface area (Å²) in [6.45, 7) is 7.21. The number of anilines is 1. The summed E-state index contributed by atoms with van der Waals surface area (Å²) in [5.74, 6) is 0.918. The molecule has 1 amide bonds. The molecule has 0 bridgehead atoms. The lowest BCUT2D eigenvalue weighted by molar-refractivity contribution is -0.116. The molecule has 1 N–H and O–H groups in total. The number of carbonyl (C=O) groups is 1.